The number of anilines is 1. The molecule has 0 aliphatic rings. The Morgan fingerprint density at radius 1 is 1.24 bits per heavy atom. The summed E-state index contributed by atoms with van der Waals surface area (Å²) in [5, 5.41) is 4.90. The first-order valence-electron chi connectivity index (χ1n) is 8.23. The number of amides is 1. The molecular weight excluding hydrogens is 384 g/mol. The fourth-order valence-corrected chi connectivity index (χ4v) is 3.00. The average molecular weight is 408 g/mol. The summed E-state index contributed by atoms with van der Waals surface area (Å²) in [7, 11) is 1.64. The largest absolute Gasteiger partial charge is 0.496 e. The minimum atomic E-state index is -0.0634. The Balaban J connectivity index is 1.92. The Labute approximate surface area is 156 Å². The Bertz CT molecular complexity index is 722. The lowest BCUT2D eigenvalue weighted by molar-refractivity contribution is -0.682. The van der Waals surface area contributed by atoms with Gasteiger partial charge in [-0.05, 0) is 60.1 Å². The number of nitrogens with one attached hydrogen (secondary N) is 1. The van der Waals surface area contributed by atoms with Crippen molar-refractivity contribution in [1.82, 2.24) is 0 Å². The molecule has 1 amide bonds. The van der Waals surface area contributed by atoms with Crippen molar-refractivity contribution >= 4 is 27.5 Å². The molecule has 0 spiro atoms. The molecule has 0 aliphatic heterocycles. The van der Waals surface area contributed by atoms with Crippen LogP contribution in [-0.4, -0.2) is 26.2 Å². The minimum Gasteiger partial charge on any atom is -0.496 e. The highest BCUT2D eigenvalue weighted by atomic mass is 79.9. The third-order valence-electron chi connectivity index (χ3n) is 3.82. The van der Waals surface area contributed by atoms with Crippen molar-refractivity contribution in [3.63, 3.8) is 0 Å². The first-order chi connectivity index (χ1) is 12.0. The van der Waals surface area contributed by atoms with Gasteiger partial charge in [-0.15, -0.1) is 0 Å². The summed E-state index contributed by atoms with van der Waals surface area (Å²) in [6, 6.07) is 13.5. The molecule has 6 heteroatoms. The summed E-state index contributed by atoms with van der Waals surface area (Å²) >= 11 is 3.49. The molecule has 0 heterocycles. The fraction of sp³-hybridized carbons (Fsp3) is 0.316. The van der Waals surface area contributed by atoms with Gasteiger partial charge in [0.25, 0.3) is 5.91 Å². The molecule has 0 bridgehead atoms. The van der Waals surface area contributed by atoms with Crippen molar-refractivity contribution in [2.75, 3.05) is 25.6 Å². The second-order valence-corrected chi connectivity index (χ2v) is 6.45. The number of benzene rings is 2. The van der Waals surface area contributed by atoms with Gasteiger partial charge in [0.2, 0.25) is 0 Å². The summed E-state index contributed by atoms with van der Waals surface area (Å²) in [5.74, 6) is 1.42. The van der Waals surface area contributed by atoms with Gasteiger partial charge in [-0.1, -0.05) is 12.1 Å². The van der Waals surface area contributed by atoms with Gasteiger partial charge in [0, 0.05) is 5.56 Å². The smallest absolute Gasteiger partial charge is 0.279 e. The molecule has 2 rings (SSSR count). The number of quaternary nitrogens is 1. The van der Waals surface area contributed by atoms with E-state index < -0.39 is 0 Å². The third kappa shape index (κ3) is 5.47. The van der Waals surface area contributed by atoms with Gasteiger partial charge in [-0.2, -0.15) is 0 Å². The van der Waals surface area contributed by atoms with E-state index in [4.69, 9.17) is 9.47 Å². The van der Waals surface area contributed by atoms with Crippen LogP contribution in [0.15, 0.2) is 46.9 Å². The molecule has 0 fully saturated rings. The zero-order chi connectivity index (χ0) is 18.2. The van der Waals surface area contributed by atoms with Crippen molar-refractivity contribution in [3.8, 4) is 11.5 Å². The third-order valence-corrected chi connectivity index (χ3v) is 4.44. The van der Waals surface area contributed by atoms with Gasteiger partial charge >= 0.3 is 0 Å². The molecule has 25 heavy (non-hydrogen) atoms. The first kappa shape index (κ1) is 19.3. The highest BCUT2D eigenvalue weighted by Gasteiger charge is 2.14. The Hall–Kier alpha value is -2.05. The van der Waals surface area contributed by atoms with E-state index in [2.05, 4.69) is 28.2 Å². The molecule has 0 unspecified atom stereocenters. The van der Waals surface area contributed by atoms with Gasteiger partial charge in [-0.3, -0.25) is 4.79 Å². The van der Waals surface area contributed by atoms with Gasteiger partial charge in [0.15, 0.2) is 6.54 Å². The molecular formula is C19H24BrN2O3+. The van der Waals surface area contributed by atoms with Crippen molar-refractivity contribution < 1.29 is 19.6 Å². The molecule has 5 nitrogen and oxygen atoms in total. The van der Waals surface area contributed by atoms with E-state index in [0.717, 1.165) is 15.8 Å². The number of rotatable bonds is 8. The number of ether oxygens (including phenoxy) is 2. The standard InChI is InChI=1S/C19H23BrN2O3/c1-4-25-18-8-6-5-7-16(18)22-19(23)12-21-13(2)14-9-10-17(24-3)15(20)11-14/h5-11,13,21H,4,12H2,1-3H3,(H,22,23)/p+1/t13-/m0/s1. The molecule has 0 aliphatic carbocycles. The molecule has 1 atom stereocenters. The van der Waals surface area contributed by atoms with Crippen molar-refractivity contribution in [2.45, 2.75) is 19.9 Å². The van der Waals surface area contributed by atoms with Gasteiger partial charge < -0.3 is 20.1 Å². The fourth-order valence-electron chi connectivity index (χ4n) is 2.44. The lowest BCUT2D eigenvalue weighted by atomic mass is 10.1. The zero-order valence-electron chi connectivity index (χ0n) is 14.7. The maximum absolute atomic E-state index is 12.2. The minimum absolute atomic E-state index is 0.0634. The van der Waals surface area contributed by atoms with Gasteiger partial charge in [-0.25, -0.2) is 0 Å². The monoisotopic (exact) mass is 407 g/mol. The van der Waals surface area contributed by atoms with E-state index in [0.29, 0.717) is 24.6 Å². The zero-order valence-corrected chi connectivity index (χ0v) is 16.3. The van der Waals surface area contributed by atoms with Crippen LogP contribution in [0.4, 0.5) is 5.69 Å². The van der Waals surface area contributed by atoms with Crippen LogP contribution in [0, 0.1) is 0 Å². The van der Waals surface area contributed by atoms with Crippen LogP contribution in [0.3, 0.4) is 0 Å². The number of hydrogen-bond acceptors (Lipinski definition) is 3. The van der Waals surface area contributed by atoms with E-state index in [-0.39, 0.29) is 11.9 Å². The maximum Gasteiger partial charge on any atom is 0.279 e. The molecule has 3 N–H and O–H groups in total. The van der Waals surface area contributed by atoms with E-state index in [1.807, 2.05) is 54.7 Å². The van der Waals surface area contributed by atoms with Gasteiger partial charge in [0.05, 0.1) is 23.9 Å². The normalized spacial score (nSPS) is 11.7. The van der Waals surface area contributed by atoms with Gasteiger partial charge in [0.1, 0.15) is 17.5 Å². The number of carbonyl (C=O) groups excluding carboxylic acids is 1. The molecule has 0 aromatic heterocycles. The summed E-state index contributed by atoms with van der Waals surface area (Å²) in [6.07, 6.45) is 0. The SMILES string of the molecule is CCOc1ccccc1NC(=O)C[NH2+][C@@H](C)c1ccc(OC)c(Br)c1. The van der Waals surface area contributed by atoms with E-state index >= 15 is 0 Å². The predicted molar refractivity (Wildman–Crippen MR) is 102 cm³/mol. The highest BCUT2D eigenvalue weighted by molar-refractivity contribution is 9.10. The molecule has 134 valence electrons. The van der Waals surface area contributed by atoms with Crippen molar-refractivity contribution in [2.24, 2.45) is 0 Å². The van der Waals surface area contributed by atoms with Crippen LogP contribution < -0.4 is 20.1 Å². The molecule has 2 aromatic rings. The lowest BCUT2D eigenvalue weighted by Crippen LogP contribution is -2.86. The van der Waals surface area contributed by atoms with E-state index in [1.54, 1.807) is 7.11 Å². The number of nitrogens with two attached hydrogens (primary N) is 1. The van der Waals surface area contributed by atoms with Crippen LogP contribution in [0.1, 0.15) is 25.5 Å². The van der Waals surface area contributed by atoms with Crippen molar-refractivity contribution in [1.29, 1.82) is 0 Å². The molecule has 0 saturated heterocycles. The number of para-hydroxylation sites is 2. The summed E-state index contributed by atoms with van der Waals surface area (Å²) in [5.41, 5.74) is 1.82. The second kappa shape index (κ2) is 9.44. The number of hydrogen-bond donors (Lipinski definition) is 2. The molecule has 2 aromatic carbocycles. The number of halogens is 1. The topological polar surface area (TPSA) is 64.2 Å². The number of methoxy groups -OCH3 is 1. The Kier molecular flexibility index (Phi) is 7.28. The lowest BCUT2D eigenvalue weighted by Gasteiger charge is -2.14. The van der Waals surface area contributed by atoms with Crippen LogP contribution in [0.5, 0.6) is 11.5 Å². The summed E-state index contributed by atoms with van der Waals surface area (Å²) < 4.78 is 11.7. The average Bonchev–Trinajstić information content (AvgIpc) is 2.61. The van der Waals surface area contributed by atoms with E-state index in [9.17, 15) is 4.79 Å². The molecule has 0 radical (unpaired) electrons. The number of carbonyl (C=O) groups is 1. The predicted octanol–water partition coefficient (Wildman–Crippen LogP) is 3.12. The van der Waals surface area contributed by atoms with E-state index in [1.165, 1.54) is 0 Å². The van der Waals surface area contributed by atoms with Crippen molar-refractivity contribution in [3.05, 3.63) is 52.5 Å². The maximum atomic E-state index is 12.2. The van der Waals surface area contributed by atoms with Crippen LogP contribution >= 0.6 is 15.9 Å². The summed E-state index contributed by atoms with van der Waals surface area (Å²) in [4.78, 5) is 12.2. The first-order valence-corrected chi connectivity index (χ1v) is 9.02. The highest BCUT2D eigenvalue weighted by Crippen LogP contribution is 2.27. The van der Waals surface area contributed by atoms with Crippen LogP contribution in [0.2, 0.25) is 0 Å². The molecule has 0 saturated carbocycles. The summed E-state index contributed by atoms with van der Waals surface area (Å²) in [6.45, 7) is 4.87. The quantitative estimate of drug-likeness (QED) is 0.706. The Morgan fingerprint density at radius 2 is 2.00 bits per heavy atom. The van der Waals surface area contributed by atoms with Crippen LogP contribution in [-0.2, 0) is 4.79 Å². The van der Waals surface area contributed by atoms with Crippen LogP contribution in [0.25, 0.3) is 0 Å². The second-order valence-electron chi connectivity index (χ2n) is 5.60. The Morgan fingerprint density at radius 3 is 2.68 bits per heavy atom.